The second-order valence-electron chi connectivity index (χ2n) is 5.58. The van der Waals surface area contributed by atoms with Crippen LogP contribution in [0.5, 0.6) is 5.75 Å². The van der Waals surface area contributed by atoms with E-state index in [-0.39, 0.29) is 5.91 Å². The first kappa shape index (κ1) is 14.2. The molecule has 0 saturated heterocycles. The van der Waals surface area contributed by atoms with Crippen LogP contribution in [0.25, 0.3) is 10.9 Å². The molecule has 2 aromatic heterocycles. The lowest BCUT2D eigenvalue weighted by Crippen LogP contribution is -2.30. The van der Waals surface area contributed by atoms with E-state index in [1.54, 1.807) is 18.4 Å². The number of benzene rings is 1. The normalized spacial score (nSPS) is 13.3. The van der Waals surface area contributed by atoms with Gasteiger partial charge in [-0.3, -0.25) is 9.69 Å². The number of nitrogens with zero attached hydrogens (tertiary/aromatic N) is 2. The van der Waals surface area contributed by atoms with Crippen molar-refractivity contribution in [1.82, 2.24) is 4.98 Å². The molecule has 116 valence electrons. The Kier molecular flexibility index (Phi) is 3.50. The van der Waals surface area contributed by atoms with Gasteiger partial charge in [-0.05, 0) is 41.6 Å². The van der Waals surface area contributed by atoms with Gasteiger partial charge in [0.2, 0.25) is 5.91 Å². The molecule has 1 aromatic carbocycles. The molecule has 0 aliphatic carbocycles. The molecule has 0 radical (unpaired) electrons. The molecule has 23 heavy (non-hydrogen) atoms. The summed E-state index contributed by atoms with van der Waals surface area (Å²) in [4.78, 5) is 20.2. The molecule has 0 fully saturated rings. The van der Waals surface area contributed by atoms with Crippen molar-refractivity contribution in [2.24, 2.45) is 0 Å². The third kappa shape index (κ3) is 2.57. The minimum atomic E-state index is 0.112. The van der Waals surface area contributed by atoms with Crippen LogP contribution < -0.4 is 9.64 Å². The van der Waals surface area contributed by atoms with Crippen LogP contribution in [0.3, 0.4) is 0 Å². The van der Waals surface area contributed by atoms with E-state index in [0.717, 1.165) is 39.3 Å². The highest BCUT2D eigenvalue weighted by molar-refractivity contribution is 7.10. The number of fused-ring (bicyclic) bond motifs is 2. The zero-order chi connectivity index (χ0) is 15.8. The monoisotopic (exact) mass is 324 g/mol. The second kappa shape index (κ2) is 5.66. The van der Waals surface area contributed by atoms with Crippen molar-refractivity contribution in [2.75, 3.05) is 18.6 Å². The number of pyridine rings is 1. The fraction of sp³-hybridized carbons (Fsp3) is 0.222. The summed E-state index contributed by atoms with van der Waals surface area (Å²) >= 11 is 1.61. The lowest BCUT2D eigenvalue weighted by Gasteiger charge is -2.16. The Hall–Kier alpha value is -2.40. The first-order valence-corrected chi connectivity index (χ1v) is 8.43. The quantitative estimate of drug-likeness (QED) is 0.741. The largest absolute Gasteiger partial charge is 0.497 e. The van der Waals surface area contributed by atoms with Crippen molar-refractivity contribution >= 4 is 34.0 Å². The molecule has 1 aliphatic rings. The SMILES string of the molecule is COc1ccc2cc3c(nc2c1)N(C(=O)Cc1cccs1)CC3. The Morgan fingerprint density at radius 3 is 3.04 bits per heavy atom. The molecule has 0 spiro atoms. The number of anilines is 1. The summed E-state index contributed by atoms with van der Waals surface area (Å²) in [5.41, 5.74) is 2.00. The van der Waals surface area contributed by atoms with Gasteiger partial charge in [0.25, 0.3) is 0 Å². The fourth-order valence-electron chi connectivity index (χ4n) is 2.96. The average Bonchev–Trinajstić information content (AvgIpc) is 3.21. The first-order valence-electron chi connectivity index (χ1n) is 7.55. The summed E-state index contributed by atoms with van der Waals surface area (Å²) in [5.74, 6) is 1.69. The van der Waals surface area contributed by atoms with E-state index in [1.165, 1.54) is 0 Å². The third-order valence-electron chi connectivity index (χ3n) is 4.15. The number of hydrogen-bond donors (Lipinski definition) is 0. The van der Waals surface area contributed by atoms with Gasteiger partial charge in [-0.25, -0.2) is 4.98 Å². The van der Waals surface area contributed by atoms with Crippen LogP contribution in [0.1, 0.15) is 10.4 Å². The molecule has 0 saturated carbocycles. The van der Waals surface area contributed by atoms with Crippen LogP contribution in [-0.4, -0.2) is 24.5 Å². The zero-order valence-electron chi connectivity index (χ0n) is 12.8. The van der Waals surface area contributed by atoms with Gasteiger partial charge in [-0.15, -0.1) is 11.3 Å². The molecule has 3 aromatic rings. The smallest absolute Gasteiger partial charge is 0.233 e. The van der Waals surface area contributed by atoms with Crippen LogP contribution >= 0.6 is 11.3 Å². The summed E-state index contributed by atoms with van der Waals surface area (Å²) in [6.07, 6.45) is 1.30. The highest BCUT2D eigenvalue weighted by atomic mass is 32.1. The van der Waals surface area contributed by atoms with Crippen LogP contribution in [0, 0.1) is 0 Å². The van der Waals surface area contributed by atoms with E-state index < -0.39 is 0 Å². The fourth-order valence-corrected chi connectivity index (χ4v) is 3.66. The van der Waals surface area contributed by atoms with Crippen molar-refractivity contribution in [3.8, 4) is 5.75 Å². The Morgan fingerprint density at radius 2 is 2.26 bits per heavy atom. The van der Waals surface area contributed by atoms with Gasteiger partial charge < -0.3 is 4.74 Å². The van der Waals surface area contributed by atoms with E-state index in [2.05, 4.69) is 6.07 Å². The summed E-state index contributed by atoms with van der Waals surface area (Å²) < 4.78 is 5.27. The zero-order valence-corrected chi connectivity index (χ0v) is 13.6. The lowest BCUT2D eigenvalue weighted by atomic mass is 10.1. The van der Waals surface area contributed by atoms with Crippen LogP contribution in [-0.2, 0) is 17.6 Å². The number of rotatable bonds is 3. The van der Waals surface area contributed by atoms with Crippen LogP contribution in [0.4, 0.5) is 5.82 Å². The minimum absolute atomic E-state index is 0.112. The average molecular weight is 324 g/mol. The van der Waals surface area contributed by atoms with Crippen molar-refractivity contribution in [3.05, 3.63) is 52.2 Å². The summed E-state index contributed by atoms with van der Waals surface area (Å²) in [7, 11) is 1.64. The van der Waals surface area contributed by atoms with E-state index in [0.29, 0.717) is 13.0 Å². The highest BCUT2D eigenvalue weighted by Crippen LogP contribution is 2.31. The van der Waals surface area contributed by atoms with Crippen LogP contribution in [0.2, 0.25) is 0 Å². The number of ether oxygens (including phenoxy) is 1. The van der Waals surface area contributed by atoms with Gasteiger partial charge in [-0.1, -0.05) is 6.07 Å². The summed E-state index contributed by atoms with van der Waals surface area (Å²) in [6, 6.07) is 12.0. The predicted molar refractivity (Wildman–Crippen MR) is 92.4 cm³/mol. The molecular formula is C18H16N2O2S. The lowest BCUT2D eigenvalue weighted by molar-refractivity contribution is -0.117. The molecule has 3 heterocycles. The maximum atomic E-state index is 12.6. The Balaban J connectivity index is 1.69. The second-order valence-corrected chi connectivity index (χ2v) is 6.61. The Morgan fingerprint density at radius 1 is 1.35 bits per heavy atom. The number of amides is 1. The molecule has 0 atom stereocenters. The maximum Gasteiger partial charge on any atom is 0.233 e. The number of thiophene rings is 1. The molecule has 1 amide bonds. The molecule has 1 aliphatic heterocycles. The molecule has 5 heteroatoms. The van der Waals surface area contributed by atoms with Crippen molar-refractivity contribution < 1.29 is 9.53 Å². The predicted octanol–water partition coefficient (Wildman–Crippen LogP) is 3.44. The number of aromatic nitrogens is 1. The highest BCUT2D eigenvalue weighted by Gasteiger charge is 2.26. The number of carbonyl (C=O) groups excluding carboxylic acids is 1. The maximum absolute atomic E-state index is 12.6. The molecular weight excluding hydrogens is 308 g/mol. The first-order chi connectivity index (χ1) is 11.2. The van der Waals surface area contributed by atoms with E-state index in [4.69, 9.17) is 9.72 Å². The minimum Gasteiger partial charge on any atom is -0.497 e. The molecule has 4 nitrogen and oxygen atoms in total. The van der Waals surface area contributed by atoms with Gasteiger partial charge in [-0.2, -0.15) is 0 Å². The Bertz CT molecular complexity index is 874. The molecule has 0 unspecified atom stereocenters. The molecule has 0 N–H and O–H groups in total. The van der Waals surface area contributed by atoms with E-state index >= 15 is 0 Å². The standard InChI is InChI=1S/C18H16N2O2S/c1-22-14-5-4-12-9-13-6-7-20(18(13)19-16(12)10-14)17(21)11-15-3-2-8-23-15/h2-5,8-10H,6-7,11H2,1H3. The Labute approximate surface area is 138 Å². The van der Waals surface area contributed by atoms with E-state index in [1.807, 2.05) is 40.6 Å². The summed E-state index contributed by atoms with van der Waals surface area (Å²) in [5, 5.41) is 3.08. The van der Waals surface area contributed by atoms with Crippen molar-refractivity contribution in [2.45, 2.75) is 12.8 Å². The third-order valence-corrected chi connectivity index (χ3v) is 5.02. The van der Waals surface area contributed by atoms with Gasteiger partial charge in [0, 0.05) is 22.9 Å². The van der Waals surface area contributed by atoms with Gasteiger partial charge >= 0.3 is 0 Å². The number of methoxy groups -OCH3 is 1. The van der Waals surface area contributed by atoms with E-state index in [9.17, 15) is 4.79 Å². The van der Waals surface area contributed by atoms with Crippen molar-refractivity contribution in [3.63, 3.8) is 0 Å². The van der Waals surface area contributed by atoms with Gasteiger partial charge in [0.15, 0.2) is 0 Å². The number of hydrogen-bond acceptors (Lipinski definition) is 4. The molecule has 4 rings (SSSR count). The summed E-state index contributed by atoms with van der Waals surface area (Å²) in [6.45, 7) is 0.708. The number of carbonyl (C=O) groups is 1. The van der Waals surface area contributed by atoms with Crippen LogP contribution in [0.15, 0.2) is 41.8 Å². The van der Waals surface area contributed by atoms with Gasteiger partial charge in [0.05, 0.1) is 19.0 Å². The topological polar surface area (TPSA) is 42.4 Å². The molecule has 0 bridgehead atoms. The van der Waals surface area contributed by atoms with Crippen molar-refractivity contribution in [1.29, 1.82) is 0 Å². The van der Waals surface area contributed by atoms with Gasteiger partial charge in [0.1, 0.15) is 11.6 Å².